The van der Waals surface area contributed by atoms with Crippen molar-refractivity contribution in [2.24, 2.45) is 7.05 Å². The lowest BCUT2D eigenvalue weighted by molar-refractivity contribution is -0.145. The lowest BCUT2D eigenvalue weighted by Gasteiger charge is -2.12. The molecular formula is C18H13F5N4O3. The third-order valence-electron chi connectivity index (χ3n) is 3.79. The summed E-state index contributed by atoms with van der Waals surface area (Å²) in [6.45, 7) is 1.77. The van der Waals surface area contributed by atoms with Crippen molar-refractivity contribution in [1.82, 2.24) is 19.5 Å². The summed E-state index contributed by atoms with van der Waals surface area (Å²) in [5.41, 5.74) is -0.0986. The molecule has 12 heteroatoms. The van der Waals surface area contributed by atoms with Crippen molar-refractivity contribution < 1.29 is 31.4 Å². The zero-order chi connectivity index (χ0) is 22.1. The summed E-state index contributed by atoms with van der Waals surface area (Å²) < 4.78 is 77.6. The van der Waals surface area contributed by atoms with Crippen molar-refractivity contribution in [3.05, 3.63) is 64.1 Å². The van der Waals surface area contributed by atoms with E-state index >= 15 is 0 Å². The molecule has 0 spiro atoms. The molecule has 3 rings (SSSR count). The lowest BCUT2D eigenvalue weighted by Crippen LogP contribution is -2.17. The number of aryl methyl sites for hydroxylation is 2. The molecule has 0 saturated heterocycles. The number of nitrogens with zero attached hydrogens (tertiary/aromatic N) is 4. The molecule has 0 fully saturated rings. The molecule has 0 aliphatic rings. The smallest absolute Gasteiger partial charge is 0.448 e. The van der Waals surface area contributed by atoms with Gasteiger partial charge in [-0.2, -0.15) is 18.2 Å². The second-order valence-electron chi connectivity index (χ2n) is 5.98. The molecule has 2 heterocycles. The van der Waals surface area contributed by atoms with Crippen LogP contribution in [0.4, 0.5) is 22.0 Å². The van der Waals surface area contributed by atoms with Crippen LogP contribution in [0, 0.1) is 11.6 Å². The standard InChI is InChI=1S/C18H13F5N4O3/c1-3-9-8-27(2)17(26-15(9)28)30-10-4-12(19)14(13(20)5-10)29-11-6-24-16(25-7-11)18(21,22)23/h4-8H,3H2,1-2H3. The highest BCUT2D eigenvalue weighted by Crippen LogP contribution is 2.33. The minimum absolute atomic E-state index is 0.194. The average molecular weight is 428 g/mol. The maximum absolute atomic E-state index is 14.3. The van der Waals surface area contributed by atoms with E-state index < -0.39 is 40.7 Å². The van der Waals surface area contributed by atoms with Gasteiger partial charge in [0.2, 0.25) is 5.82 Å². The second-order valence-corrected chi connectivity index (χ2v) is 5.98. The van der Waals surface area contributed by atoms with Gasteiger partial charge in [-0.25, -0.2) is 18.7 Å². The van der Waals surface area contributed by atoms with Crippen LogP contribution in [-0.4, -0.2) is 19.5 Å². The minimum Gasteiger partial charge on any atom is -0.448 e. The van der Waals surface area contributed by atoms with Gasteiger partial charge >= 0.3 is 12.2 Å². The maximum Gasteiger partial charge on any atom is 0.451 e. The van der Waals surface area contributed by atoms with Crippen LogP contribution in [0.3, 0.4) is 0 Å². The number of alkyl halides is 3. The number of aromatic nitrogens is 4. The molecule has 2 aromatic heterocycles. The SMILES string of the molecule is CCc1cn(C)c(Oc2cc(F)c(Oc3cnc(C(F)(F)F)nc3)c(F)c2)nc1=O. The van der Waals surface area contributed by atoms with Gasteiger partial charge in [0, 0.05) is 30.9 Å². The third kappa shape index (κ3) is 4.53. The molecule has 0 aliphatic heterocycles. The Balaban J connectivity index is 1.84. The highest BCUT2D eigenvalue weighted by molar-refractivity contribution is 5.38. The van der Waals surface area contributed by atoms with Crippen molar-refractivity contribution in [1.29, 1.82) is 0 Å². The van der Waals surface area contributed by atoms with Gasteiger partial charge in [0.05, 0.1) is 12.4 Å². The van der Waals surface area contributed by atoms with E-state index in [0.29, 0.717) is 24.4 Å². The Morgan fingerprint density at radius 1 is 1.03 bits per heavy atom. The molecule has 0 amide bonds. The fraction of sp³-hybridized carbons (Fsp3) is 0.222. The molecule has 0 aliphatic carbocycles. The van der Waals surface area contributed by atoms with Gasteiger partial charge in [-0.3, -0.25) is 4.79 Å². The predicted molar refractivity (Wildman–Crippen MR) is 92.4 cm³/mol. The first-order chi connectivity index (χ1) is 14.1. The largest absolute Gasteiger partial charge is 0.451 e. The quantitative estimate of drug-likeness (QED) is 0.572. The van der Waals surface area contributed by atoms with E-state index in [0.717, 1.165) is 12.1 Å². The van der Waals surface area contributed by atoms with Crippen LogP contribution >= 0.6 is 0 Å². The van der Waals surface area contributed by atoms with Crippen LogP contribution in [-0.2, 0) is 19.6 Å². The summed E-state index contributed by atoms with van der Waals surface area (Å²) in [5.74, 6) is -5.46. The first-order valence-corrected chi connectivity index (χ1v) is 8.39. The van der Waals surface area contributed by atoms with Crippen molar-refractivity contribution in [2.45, 2.75) is 19.5 Å². The van der Waals surface area contributed by atoms with E-state index in [1.807, 2.05) is 0 Å². The number of hydrogen-bond donors (Lipinski definition) is 0. The number of hydrogen-bond acceptors (Lipinski definition) is 6. The zero-order valence-corrected chi connectivity index (χ0v) is 15.5. The minimum atomic E-state index is -4.77. The summed E-state index contributed by atoms with van der Waals surface area (Å²) in [5, 5.41) is 0. The molecule has 3 aromatic rings. The Hall–Kier alpha value is -3.57. The van der Waals surface area contributed by atoms with E-state index in [1.165, 1.54) is 17.8 Å². The van der Waals surface area contributed by atoms with Gasteiger partial charge in [-0.1, -0.05) is 6.92 Å². The second kappa shape index (κ2) is 8.05. The van der Waals surface area contributed by atoms with E-state index in [-0.39, 0.29) is 11.8 Å². The van der Waals surface area contributed by atoms with Crippen LogP contribution in [0.5, 0.6) is 23.3 Å². The molecule has 1 aromatic carbocycles. The highest BCUT2D eigenvalue weighted by atomic mass is 19.4. The van der Waals surface area contributed by atoms with Crippen LogP contribution < -0.4 is 15.0 Å². The Labute approximate surface area is 165 Å². The Morgan fingerprint density at radius 3 is 2.17 bits per heavy atom. The van der Waals surface area contributed by atoms with Gasteiger partial charge in [-0.15, -0.1) is 0 Å². The Morgan fingerprint density at radius 2 is 1.63 bits per heavy atom. The monoisotopic (exact) mass is 428 g/mol. The van der Waals surface area contributed by atoms with E-state index in [1.54, 1.807) is 6.92 Å². The number of ether oxygens (including phenoxy) is 2. The third-order valence-corrected chi connectivity index (χ3v) is 3.79. The molecule has 0 saturated carbocycles. The van der Waals surface area contributed by atoms with Gasteiger partial charge in [0.25, 0.3) is 5.56 Å². The molecular weight excluding hydrogens is 415 g/mol. The van der Waals surface area contributed by atoms with E-state index in [2.05, 4.69) is 15.0 Å². The van der Waals surface area contributed by atoms with Crippen molar-refractivity contribution in [3.63, 3.8) is 0 Å². The summed E-state index contributed by atoms with van der Waals surface area (Å²) in [4.78, 5) is 21.6. The molecule has 0 radical (unpaired) electrons. The normalized spacial score (nSPS) is 11.4. The molecule has 0 bridgehead atoms. The van der Waals surface area contributed by atoms with E-state index in [4.69, 9.17) is 9.47 Å². The molecule has 0 N–H and O–H groups in total. The summed E-state index contributed by atoms with van der Waals surface area (Å²) >= 11 is 0. The maximum atomic E-state index is 14.3. The van der Waals surface area contributed by atoms with Crippen molar-refractivity contribution >= 4 is 0 Å². The Kier molecular flexibility index (Phi) is 5.67. The van der Waals surface area contributed by atoms with Crippen LogP contribution in [0.2, 0.25) is 0 Å². The van der Waals surface area contributed by atoms with Crippen molar-refractivity contribution in [2.75, 3.05) is 0 Å². The van der Waals surface area contributed by atoms with Gasteiger partial charge in [0.1, 0.15) is 5.75 Å². The van der Waals surface area contributed by atoms with Gasteiger partial charge in [-0.05, 0) is 6.42 Å². The summed E-state index contributed by atoms with van der Waals surface area (Å²) in [6, 6.07) is 1.34. The predicted octanol–water partition coefficient (Wildman–Crippen LogP) is 4.01. The highest BCUT2D eigenvalue weighted by Gasteiger charge is 2.34. The van der Waals surface area contributed by atoms with Gasteiger partial charge < -0.3 is 14.0 Å². The molecule has 0 atom stereocenters. The molecule has 7 nitrogen and oxygen atoms in total. The summed E-state index contributed by atoms with van der Waals surface area (Å²) in [6.07, 6.45) is -1.57. The van der Waals surface area contributed by atoms with Gasteiger partial charge in [0.15, 0.2) is 23.1 Å². The lowest BCUT2D eigenvalue weighted by atomic mass is 10.3. The number of benzene rings is 1. The fourth-order valence-corrected chi connectivity index (χ4v) is 2.35. The van der Waals surface area contributed by atoms with Crippen molar-refractivity contribution in [3.8, 4) is 23.3 Å². The summed E-state index contributed by atoms with van der Waals surface area (Å²) in [7, 11) is 1.54. The molecule has 30 heavy (non-hydrogen) atoms. The van der Waals surface area contributed by atoms with Crippen LogP contribution in [0.1, 0.15) is 18.3 Å². The fourth-order valence-electron chi connectivity index (χ4n) is 2.35. The average Bonchev–Trinajstić information content (AvgIpc) is 2.67. The molecule has 158 valence electrons. The number of halogens is 5. The first kappa shape index (κ1) is 21.1. The number of rotatable bonds is 5. The Bertz CT molecular complexity index is 1110. The van der Waals surface area contributed by atoms with Crippen LogP contribution in [0.25, 0.3) is 0 Å². The first-order valence-electron chi connectivity index (χ1n) is 8.39. The zero-order valence-electron chi connectivity index (χ0n) is 15.5. The topological polar surface area (TPSA) is 79.1 Å². The van der Waals surface area contributed by atoms with Crippen LogP contribution in [0.15, 0.2) is 35.5 Å². The molecule has 0 unspecified atom stereocenters. The van der Waals surface area contributed by atoms with E-state index in [9.17, 15) is 26.7 Å².